The summed E-state index contributed by atoms with van der Waals surface area (Å²) in [6.45, 7) is 1.95. The lowest BCUT2D eigenvalue weighted by Crippen LogP contribution is -2.22. The van der Waals surface area contributed by atoms with Gasteiger partial charge in [0, 0.05) is 16.4 Å². The van der Waals surface area contributed by atoms with Crippen LogP contribution in [0.3, 0.4) is 0 Å². The zero-order valence-corrected chi connectivity index (χ0v) is 13.6. The van der Waals surface area contributed by atoms with Crippen molar-refractivity contribution in [2.45, 2.75) is 6.92 Å². The number of carbonyl (C=O) groups is 2. The zero-order valence-electron chi connectivity index (χ0n) is 12.9. The average molecular weight is 333 g/mol. The summed E-state index contributed by atoms with van der Waals surface area (Å²) in [5.41, 5.74) is 2.62. The van der Waals surface area contributed by atoms with E-state index in [0.717, 1.165) is 11.3 Å². The molecule has 23 heavy (non-hydrogen) atoms. The van der Waals surface area contributed by atoms with Crippen molar-refractivity contribution in [1.82, 2.24) is 0 Å². The summed E-state index contributed by atoms with van der Waals surface area (Å²) in [5, 5.41) is 6.41. The topological polar surface area (TPSA) is 67.4 Å². The van der Waals surface area contributed by atoms with Crippen LogP contribution in [-0.2, 0) is 9.53 Å². The number of halogens is 1. The summed E-state index contributed by atoms with van der Waals surface area (Å²) >= 11 is 5.81. The summed E-state index contributed by atoms with van der Waals surface area (Å²) in [4.78, 5) is 23.6. The highest BCUT2D eigenvalue weighted by Gasteiger charge is 2.10. The number of rotatable bonds is 5. The molecule has 2 aromatic carbocycles. The molecule has 6 heteroatoms. The molecule has 0 atom stereocenters. The van der Waals surface area contributed by atoms with Crippen LogP contribution in [0.4, 0.5) is 11.4 Å². The van der Waals surface area contributed by atoms with Gasteiger partial charge in [0.1, 0.15) is 0 Å². The fourth-order valence-corrected chi connectivity index (χ4v) is 2.07. The van der Waals surface area contributed by atoms with Crippen LogP contribution in [0.5, 0.6) is 0 Å². The van der Waals surface area contributed by atoms with Crippen molar-refractivity contribution in [2.24, 2.45) is 0 Å². The van der Waals surface area contributed by atoms with Crippen LogP contribution in [0.1, 0.15) is 15.9 Å². The Morgan fingerprint density at radius 3 is 2.48 bits per heavy atom. The number of anilines is 2. The Bertz CT molecular complexity index is 714. The maximum absolute atomic E-state index is 12.0. The zero-order chi connectivity index (χ0) is 16.8. The van der Waals surface area contributed by atoms with Crippen LogP contribution in [0, 0.1) is 6.92 Å². The van der Waals surface area contributed by atoms with Crippen LogP contribution in [0.15, 0.2) is 42.5 Å². The Labute approximate surface area is 139 Å². The molecular formula is C17H17ClN2O3. The minimum absolute atomic E-state index is 0.101. The number of carbonyl (C=O) groups excluding carboxylic acids is 2. The highest BCUT2D eigenvalue weighted by molar-refractivity contribution is 6.30. The lowest BCUT2D eigenvalue weighted by Gasteiger charge is -2.11. The van der Waals surface area contributed by atoms with Crippen molar-refractivity contribution in [1.29, 1.82) is 0 Å². The number of amides is 1. The average Bonchev–Trinajstić information content (AvgIpc) is 2.55. The number of esters is 1. The number of hydrogen-bond acceptors (Lipinski definition) is 4. The highest BCUT2D eigenvalue weighted by Crippen LogP contribution is 2.18. The van der Waals surface area contributed by atoms with Crippen LogP contribution in [0.25, 0.3) is 0 Å². The van der Waals surface area contributed by atoms with Gasteiger partial charge in [0.05, 0.1) is 19.2 Å². The van der Waals surface area contributed by atoms with Crippen molar-refractivity contribution in [2.75, 3.05) is 24.3 Å². The van der Waals surface area contributed by atoms with Crippen molar-refractivity contribution >= 4 is 34.9 Å². The van der Waals surface area contributed by atoms with E-state index in [1.165, 1.54) is 7.11 Å². The van der Waals surface area contributed by atoms with E-state index in [4.69, 9.17) is 11.6 Å². The molecule has 2 rings (SSSR count). The summed E-state index contributed by atoms with van der Waals surface area (Å²) in [7, 11) is 1.32. The summed E-state index contributed by atoms with van der Waals surface area (Å²) in [6, 6.07) is 12.1. The van der Waals surface area contributed by atoms with Gasteiger partial charge in [-0.1, -0.05) is 17.7 Å². The molecule has 5 nitrogen and oxygen atoms in total. The molecule has 2 aromatic rings. The lowest BCUT2D eigenvalue weighted by molar-refractivity contribution is -0.114. The van der Waals surface area contributed by atoms with E-state index >= 15 is 0 Å². The maximum atomic E-state index is 12.0. The van der Waals surface area contributed by atoms with E-state index in [2.05, 4.69) is 15.4 Å². The predicted molar refractivity (Wildman–Crippen MR) is 91.1 cm³/mol. The third-order valence-corrected chi connectivity index (χ3v) is 3.48. The predicted octanol–water partition coefficient (Wildman–Crippen LogP) is 3.49. The van der Waals surface area contributed by atoms with Gasteiger partial charge in [0.25, 0.3) is 0 Å². The minimum atomic E-state index is -0.445. The number of aryl methyl sites for hydroxylation is 1. The number of ether oxygens (including phenoxy) is 1. The summed E-state index contributed by atoms with van der Waals surface area (Å²) < 4.78 is 4.68. The van der Waals surface area contributed by atoms with Gasteiger partial charge in [-0.3, -0.25) is 4.79 Å². The molecule has 0 aliphatic carbocycles. The van der Waals surface area contributed by atoms with E-state index in [0.29, 0.717) is 16.3 Å². The van der Waals surface area contributed by atoms with E-state index < -0.39 is 5.97 Å². The fraction of sp³-hybridized carbons (Fsp3) is 0.176. The second-order valence-corrected chi connectivity index (χ2v) is 5.37. The van der Waals surface area contributed by atoms with Gasteiger partial charge in [-0.25, -0.2) is 4.79 Å². The second kappa shape index (κ2) is 7.65. The van der Waals surface area contributed by atoms with Gasteiger partial charge in [-0.15, -0.1) is 0 Å². The Kier molecular flexibility index (Phi) is 5.60. The van der Waals surface area contributed by atoms with Crippen molar-refractivity contribution in [3.8, 4) is 0 Å². The third-order valence-electron chi connectivity index (χ3n) is 3.23. The third kappa shape index (κ3) is 4.72. The molecule has 0 aromatic heterocycles. The molecule has 0 aliphatic heterocycles. The molecule has 0 saturated heterocycles. The molecule has 1 amide bonds. The Hall–Kier alpha value is -2.53. The Morgan fingerprint density at radius 2 is 1.83 bits per heavy atom. The number of hydrogen-bond donors (Lipinski definition) is 2. The molecule has 0 radical (unpaired) electrons. The molecule has 0 unspecified atom stereocenters. The Balaban J connectivity index is 1.99. The maximum Gasteiger partial charge on any atom is 0.337 e. The first kappa shape index (κ1) is 16.8. The van der Waals surface area contributed by atoms with Gasteiger partial charge in [0.2, 0.25) is 5.91 Å². The molecule has 0 heterocycles. The quantitative estimate of drug-likeness (QED) is 0.822. The first-order valence-electron chi connectivity index (χ1n) is 6.98. The van der Waals surface area contributed by atoms with Gasteiger partial charge >= 0.3 is 5.97 Å². The van der Waals surface area contributed by atoms with Crippen molar-refractivity contribution in [3.05, 3.63) is 58.6 Å². The first-order chi connectivity index (χ1) is 11.0. The first-order valence-corrected chi connectivity index (χ1v) is 7.35. The van der Waals surface area contributed by atoms with Gasteiger partial charge in [-0.05, 0) is 48.9 Å². The Morgan fingerprint density at radius 1 is 1.13 bits per heavy atom. The molecule has 0 spiro atoms. The van der Waals surface area contributed by atoms with Crippen molar-refractivity contribution in [3.63, 3.8) is 0 Å². The van der Waals surface area contributed by atoms with Crippen LogP contribution in [0.2, 0.25) is 5.02 Å². The summed E-state index contributed by atoms with van der Waals surface area (Å²) in [5.74, 6) is -0.662. The molecule has 2 N–H and O–H groups in total. The van der Waals surface area contributed by atoms with Crippen molar-refractivity contribution < 1.29 is 14.3 Å². The number of methoxy groups -OCH3 is 1. The molecule has 0 aliphatic rings. The van der Waals surface area contributed by atoms with Crippen LogP contribution in [-0.4, -0.2) is 25.5 Å². The van der Waals surface area contributed by atoms with Crippen LogP contribution >= 0.6 is 11.6 Å². The summed E-state index contributed by atoms with van der Waals surface area (Å²) in [6.07, 6.45) is 0. The molecule has 0 fully saturated rings. The second-order valence-electron chi connectivity index (χ2n) is 4.93. The molecule has 120 valence electrons. The molecule has 0 bridgehead atoms. The van der Waals surface area contributed by atoms with E-state index in [1.807, 2.05) is 6.92 Å². The molecule has 0 saturated carbocycles. The minimum Gasteiger partial charge on any atom is -0.465 e. The monoisotopic (exact) mass is 332 g/mol. The number of benzene rings is 2. The van der Waals surface area contributed by atoms with Gasteiger partial charge < -0.3 is 15.4 Å². The normalized spacial score (nSPS) is 10.0. The van der Waals surface area contributed by atoms with E-state index in [-0.39, 0.29) is 12.5 Å². The number of nitrogens with one attached hydrogen (secondary N) is 2. The molecular weight excluding hydrogens is 316 g/mol. The fourth-order valence-electron chi connectivity index (χ4n) is 1.95. The van der Waals surface area contributed by atoms with Gasteiger partial charge in [-0.2, -0.15) is 0 Å². The standard InChI is InChI=1S/C17H17ClN2O3/c1-11-3-4-12(17(22)23-2)9-15(11)20-16(21)10-19-14-7-5-13(18)6-8-14/h3-9,19H,10H2,1-2H3,(H,20,21). The van der Waals surface area contributed by atoms with Gasteiger partial charge in [0.15, 0.2) is 0 Å². The van der Waals surface area contributed by atoms with E-state index in [1.54, 1.807) is 42.5 Å². The lowest BCUT2D eigenvalue weighted by atomic mass is 10.1. The SMILES string of the molecule is COC(=O)c1ccc(C)c(NC(=O)CNc2ccc(Cl)cc2)c1. The van der Waals surface area contributed by atoms with E-state index in [9.17, 15) is 9.59 Å². The highest BCUT2D eigenvalue weighted by atomic mass is 35.5. The smallest absolute Gasteiger partial charge is 0.337 e. The largest absolute Gasteiger partial charge is 0.465 e. The van der Waals surface area contributed by atoms with Crippen LogP contribution < -0.4 is 10.6 Å².